The Morgan fingerprint density at radius 1 is 1.12 bits per heavy atom. The highest BCUT2D eigenvalue weighted by Crippen LogP contribution is 2.32. The van der Waals surface area contributed by atoms with Crippen molar-refractivity contribution in [1.29, 1.82) is 0 Å². The third kappa shape index (κ3) is 2.53. The average molecular weight is 231 g/mol. The van der Waals surface area contributed by atoms with Crippen LogP contribution in [0.5, 0.6) is 0 Å². The first-order chi connectivity index (χ1) is 8.43. The zero-order chi connectivity index (χ0) is 11.5. The minimum absolute atomic E-state index is 0.762. The van der Waals surface area contributed by atoms with E-state index in [-0.39, 0.29) is 0 Å². The van der Waals surface area contributed by atoms with Crippen LogP contribution in [0.15, 0.2) is 30.3 Å². The lowest BCUT2D eigenvalue weighted by Gasteiger charge is -2.43. The van der Waals surface area contributed by atoms with E-state index in [1.165, 1.54) is 31.2 Å². The summed E-state index contributed by atoms with van der Waals surface area (Å²) in [6.07, 6.45) is 5.51. The van der Waals surface area contributed by atoms with E-state index in [0.717, 1.165) is 31.8 Å². The van der Waals surface area contributed by atoms with Crippen LogP contribution in [-0.2, 0) is 11.3 Å². The fourth-order valence-corrected chi connectivity index (χ4v) is 3.26. The summed E-state index contributed by atoms with van der Waals surface area (Å²) in [5.41, 5.74) is 1.40. The molecule has 1 saturated heterocycles. The largest absolute Gasteiger partial charge is 0.366 e. The van der Waals surface area contributed by atoms with Gasteiger partial charge in [-0.1, -0.05) is 43.2 Å². The van der Waals surface area contributed by atoms with Gasteiger partial charge in [0.05, 0.1) is 13.3 Å². The van der Waals surface area contributed by atoms with E-state index in [0.29, 0.717) is 0 Å². The molecule has 0 unspecified atom stereocenters. The minimum atomic E-state index is 0.762. The Bertz CT molecular complexity index is 349. The molecule has 0 radical (unpaired) electrons. The fraction of sp³-hybridized carbons (Fsp3) is 0.600. The predicted octanol–water partition coefficient (Wildman–Crippen LogP) is 3.04. The number of ether oxygens (including phenoxy) is 1. The molecule has 0 bridgehead atoms. The number of hydrogen-bond acceptors (Lipinski definition) is 2. The van der Waals surface area contributed by atoms with Gasteiger partial charge in [-0.25, -0.2) is 0 Å². The van der Waals surface area contributed by atoms with Gasteiger partial charge in [0.25, 0.3) is 0 Å². The van der Waals surface area contributed by atoms with Crippen molar-refractivity contribution in [3.63, 3.8) is 0 Å². The van der Waals surface area contributed by atoms with Crippen LogP contribution in [0, 0.1) is 5.92 Å². The smallest absolute Gasteiger partial charge is 0.0995 e. The Balaban J connectivity index is 1.69. The second kappa shape index (κ2) is 5.19. The Labute approximate surface area is 104 Å². The second-order valence-corrected chi connectivity index (χ2v) is 5.34. The molecule has 2 heteroatoms. The van der Waals surface area contributed by atoms with Crippen LogP contribution in [0.2, 0.25) is 0 Å². The van der Waals surface area contributed by atoms with Crippen molar-refractivity contribution < 1.29 is 4.74 Å². The van der Waals surface area contributed by atoms with Gasteiger partial charge in [0.2, 0.25) is 0 Å². The predicted molar refractivity (Wildman–Crippen MR) is 68.6 cm³/mol. The molecule has 2 nitrogen and oxygen atoms in total. The molecule has 1 heterocycles. The summed E-state index contributed by atoms with van der Waals surface area (Å²) in [5.74, 6) is 0.779. The Kier molecular flexibility index (Phi) is 3.44. The standard InChI is InChI=1S/C15H21NO/c1-2-6-13(7-3-1)10-16-12-17-11-14-8-4-5-9-15(14)16/h1-3,6-7,14-15H,4-5,8-12H2/t14-,15+/m0/s1. The molecule has 17 heavy (non-hydrogen) atoms. The maximum absolute atomic E-state index is 5.75. The zero-order valence-corrected chi connectivity index (χ0v) is 10.3. The maximum Gasteiger partial charge on any atom is 0.0995 e. The molecular formula is C15H21NO. The van der Waals surface area contributed by atoms with Crippen molar-refractivity contribution in [1.82, 2.24) is 4.90 Å². The van der Waals surface area contributed by atoms with Crippen molar-refractivity contribution in [2.45, 2.75) is 38.3 Å². The molecule has 1 saturated carbocycles. The summed E-state index contributed by atoms with van der Waals surface area (Å²) < 4.78 is 5.75. The maximum atomic E-state index is 5.75. The lowest BCUT2D eigenvalue weighted by Crippen LogP contribution is -2.49. The van der Waals surface area contributed by atoms with E-state index in [9.17, 15) is 0 Å². The Morgan fingerprint density at radius 3 is 2.82 bits per heavy atom. The highest BCUT2D eigenvalue weighted by Gasteiger charge is 2.33. The molecule has 1 aliphatic heterocycles. The first-order valence-electron chi connectivity index (χ1n) is 6.79. The molecule has 2 aliphatic rings. The summed E-state index contributed by atoms with van der Waals surface area (Å²) in [5, 5.41) is 0. The molecular weight excluding hydrogens is 210 g/mol. The van der Waals surface area contributed by atoms with E-state index < -0.39 is 0 Å². The second-order valence-electron chi connectivity index (χ2n) is 5.34. The Hall–Kier alpha value is -0.860. The molecule has 2 fully saturated rings. The van der Waals surface area contributed by atoms with E-state index in [2.05, 4.69) is 35.2 Å². The van der Waals surface area contributed by atoms with Crippen molar-refractivity contribution in [2.24, 2.45) is 5.92 Å². The summed E-state index contributed by atoms with van der Waals surface area (Å²) in [6.45, 7) is 2.84. The van der Waals surface area contributed by atoms with Crippen LogP contribution in [0.25, 0.3) is 0 Å². The molecule has 1 aromatic rings. The van der Waals surface area contributed by atoms with Gasteiger partial charge in [0.15, 0.2) is 0 Å². The third-order valence-corrected chi connectivity index (χ3v) is 4.16. The van der Waals surface area contributed by atoms with Gasteiger partial charge in [0, 0.05) is 12.6 Å². The van der Waals surface area contributed by atoms with Crippen molar-refractivity contribution in [2.75, 3.05) is 13.3 Å². The Morgan fingerprint density at radius 2 is 1.94 bits per heavy atom. The van der Waals surface area contributed by atoms with Crippen molar-refractivity contribution in [3.05, 3.63) is 35.9 Å². The number of fused-ring (bicyclic) bond motifs is 1. The van der Waals surface area contributed by atoms with Crippen LogP contribution in [-0.4, -0.2) is 24.3 Å². The van der Waals surface area contributed by atoms with E-state index in [4.69, 9.17) is 4.74 Å². The van der Waals surface area contributed by atoms with Gasteiger partial charge in [-0.05, 0) is 24.3 Å². The normalized spacial score (nSPS) is 29.9. The summed E-state index contributed by atoms with van der Waals surface area (Å²) in [6, 6.07) is 11.5. The number of rotatable bonds is 2. The zero-order valence-electron chi connectivity index (χ0n) is 10.3. The molecule has 92 valence electrons. The topological polar surface area (TPSA) is 12.5 Å². The SMILES string of the molecule is c1ccc(CN2COC[C@@H]3CCCC[C@H]32)cc1. The monoisotopic (exact) mass is 231 g/mol. The molecule has 0 spiro atoms. The quantitative estimate of drug-likeness (QED) is 0.775. The minimum Gasteiger partial charge on any atom is -0.366 e. The first-order valence-corrected chi connectivity index (χ1v) is 6.79. The number of hydrogen-bond donors (Lipinski definition) is 0. The van der Waals surface area contributed by atoms with Gasteiger partial charge in [-0.3, -0.25) is 4.90 Å². The van der Waals surface area contributed by atoms with Crippen molar-refractivity contribution in [3.8, 4) is 0 Å². The van der Waals surface area contributed by atoms with Crippen LogP contribution < -0.4 is 0 Å². The fourth-order valence-electron chi connectivity index (χ4n) is 3.26. The number of nitrogens with zero attached hydrogens (tertiary/aromatic N) is 1. The molecule has 1 aromatic carbocycles. The summed E-state index contributed by atoms with van der Waals surface area (Å²) >= 11 is 0. The molecule has 2 atom stereocenters. The lowest BCUT2D eigenvalue weighted by atomic mass is 9.83. The molecule has 3 rings (SSSR count). The molecule has 0 N–H and O–H groups in total. The summed E-state index contributed by atoms with van der Waals surface area (Å²) in [7, 11) is 0. The van der Waals surface area contributed by atoms with Gasteiger partial charge in [-0.15, -0.1) is 0 Å². The molecule has 1 aliphatic carbocycles. The van der Waals surface area contributed by atoms with Crippen molar-refractivity contribution >= 4 is 0 Å². The van der Waals surface area contributed by atoms with E-state index in [1.54, 1.807) is 0 Å². The van der Waals surface area contributed by atoms with Crippen LogP contribution in [0.1, 0.15) is 31.2 Å². The van der Waals surface area contributed by atoms with Crippen LogP contribution >= 0.6 is 0 Å². The molecule has 0 aromatic heterocycles. The van der Waals surface area contributed by atoms with Crippen LogP contribution in [0.3, 0.4) is 0 Å². The van der Waals surface area contributed by atoms with Gasteiger partial charge in [0.1, 0.15) is 0 Å². The van der Waals surface area contributed by atoms with Gasteiger partial charge in [-0.2, -0.15) is 0 Å². The lowest BCUT2D eigenvalue weighted by molar-refractivity contribution is -0.0999. The molecule has 0 amide bonds. The van der Waals surface area contributed by atoms with E-state index >= 15 is 0 Å². The highest BCUT2D eigenvalue weighted by molar-refractivity contribution is 5.14. The summed E-state index contributed by atoms with van der Waals surface area (Å²) in [4.78, 5) is 2.53. The first kappa shape index (κ1) is 11.2. The van der Waals surface area contributed by atoms with Gasteiger partial charge < -0.3 is 4.74 Å². The van der Waals surface area contributed by atoms with E-state index in [1.807, 2.05) is 0 Å². The number of benzene rings is 1. The third-order valence-electron chi connectivity index (χ3n) is 4.16. The van der Waals surface area contributed by atoms with Crippen LogP contribution in [0.4, 0.5) is 0 Å². The van der Waals surface area contributed by atoms with Gasteiger partial charge >= 0.3 is 0 Å². The highest BCUT2D eigenvalue weighted by atomic mass is 16.5. The average Bonchev–Trinajstić information content (AvgIpc) is 2.40.